The highest BCUT2D eigenvalue weighted by molar-refractivity contribution is 5.92. The first kappa shape index (κ1) is 16.6. The fourth-order valence-electron chi connectivity index (χ4n) is 1.63. The van der Waals surface area contributed by atoms with E-state index in [4.69, 9.17) is 4.74 Å². The lowest BCUT2D eigenvalue weighted by atomic mass is 10.3. The summed E-state index contributed by atoms with van der Waals surface area (Å²) in [7, 11) is 0. The number of carbonyl (C=O) groups is 1. The van der Waals surface area contributed by atoms with Gasteiger partial charge in [-0.05, 0) is 45.4 Å². The van der Waals surface area contributed by atoms with Crippen LogP contribution in [0.2, 0.25) is 0 Å². The van der Waals surface area contributed by atoms with Crippen LogP contribution in [-0.2, 0) is 9.53 Å². The van der Waals surface area contributed by atoms with E-state index in [1.165, 1.54) is 12.1 Å². The summed E-state index contributed by atoms with van der Waals surface area (Å²) in [6.07, 6.45) is 2.16. The quantitative estimate of drug-likeness (QED) is 0.684. The van der Waals surface area contributed by atoms with Crippen molar-refractivity contribution >= 4 is 11.6 Å². The summed E-state index contributed by atoms with van der Waals surface area (Å²) in [5.41, 5.74) is 0.213. The van der Waals surface area contributed by atoms with Crippen molar-refractivity contribution < 1.29 is 13.9 Å². The van der Waals surface area contributed by atoms with Crippen LogP contribution in [-0.4, -0.2) is 31.7 Å². The smallest absolute Gasteiger partial charge is 0.238 e. The van der Waals surface area contributed by atoms with E-state index < -0.39 is 5.82 Å². The zero-order valence-electron chi connectivity index (χ0n) is 12.1. The van der Waals surface area contributed by atoms with Crippen LogP contribution >= 0.6 is 0 Å². The van der Waals surface area contributed by atoms with E-state index in [-0.39, 0.29) is 24.2 Å². The van der Waals surface area contributed by atoms with Crippen LogP contribution in [0.1, 0.15) is 26.7 Å². The molecule has 4 nitrogen and oxygen atoms in total. The number of hydrogen-bond acceptors (Lipinski definition) is 3. The van der Waals surface area contributed by atoms with Gasteiger partial charge in [0, 0.05) is 6.61 Å². The molecule has 0 spiro atoms. The van der Waals surface area contributed by atoms with E-state index in [9.17, 15) is 9.18 Å². The molecule has 0 radical (unpaired) electrons. The van der Waals surface area contributed by atoms with E-state index in [0.717, 1.165) is 26.0 Å². The van der Waals surface area contributed by atoms with Gasteiger partial charge in [-0.15, -0.1) is 0 Å². The summed E-state index contributed by atoms with van der Waals surface area (Å²) in [5, 5.41) is 5.55. The minimum Gasteiger partial charge on any atom is -0.379 e. The van der Waals surface area contributed by atoms with Gasteiger partial charge < -0.3 is 15.4 Å². The largest absolute Gasteiger partial charge is 0.379 e. The number of rotatable bonds is 9. The van der Waals surface area contributed by atoms with Gasteiger partial charge in [0.25, 0.3) is 0 Å². The van der Waals surface area contributed by atoms with Gasteiger partial charge in [-0.3, -0.25) is 4.79 Å². The number of halogens is 1. The Bertz CT molecular complexity index is 411. The van der Waals surface area contributed by atoms with Crippen molar-refractivity contribution in [2.24, 2.45) is 0 Å². The molecule has 1 rings (SSSR count). The summed E-state index contributed by atoms with van der Waals surface area (Å²) in [4.78, 5) is 11.6. The fourth-order valence-corrected chi connectivity index (χ4v) is 1.63. The summed E-state index contributed by atoms with van der Waals surface area (Å²) < 4.78 is 18.7. The number of carbonyl (C=O) groups excluding carboxylic acids is 1. The zero-order valence-corrected chi connectivity index (χ0v) is 12.1. The molecule has 0 atom stereocenters. The van der Waals surface area contributed by atoms with Crippen LogP contribution in [0.3, 0.4) is 0 Å². The fraction of sp³-hybridized carbons (Fsp3) is 0.533. The van der Waals surface area contributed by atoms with E-state index in [1.807, 2.05) is 13.8 Å². The highest BCUT2D eigenvalue weighted by Crippen LogP contribution is 2.11. The number of amides is 1. The van der Waals surface area contributed by atoms with Crippen molar-refractivity contribution in [3.8, 4) is 0 Å². The second kappa shape index (κ2) is 9.44. The molecule has 0 aliphatic rings. The minimum absolute atomic E-state index is 0.180. The molecule has 0 bridgehead atoms. The normalized spacial score (nSPS) is 10.8. The third-order valence-corrected chi connectivity index (χ3v) is 2.63. The van der Waals surface area contributed by atoms with Gasteiger partial charge in [-0.2, -0.15) is 0 Å². The van der Waals surface area contributed by atoms with Crippen LogP contribution < -0.4 is 10.6 Å². The number of hydrogen-bond donors (Lipinski definition) is 2. The molecule has 20 heavy (non-hydrogen) atoms. The Labute approximate surface area is 119 Å². The maximum Gasteiger partial charge on any atom is 0.238 e. The van der Waals surface area contributed by atoms with Gasteiger partial charge in [0.1, 0.15) is 5.82 Å². The maximum absolute atomic E-state index is 13.3. The first-order chi connectivity index (χ1) is 9.59. The third-order valence-electron chi connectivity index (χ3n) is 2.63. The topological polar surface area (TPSA) is 50.4 Å². The van der Waals surface area contributed by atoms with Crippen molar-refractivity contribution in [2.45, 2.75) is 32.8 Å². The predicted octanol–water partition coefficient (Wildman–Crippen LogP) is 2.56. The van der Waals surface area contributed by atoms with E-state index >= 15 is 0 Å². The molecule has 0 aliphatic carbocycles. The molecular formula is C15H23FN2O2. The monoisotopic (exact) mass is 282 g/mol. The van der Waals surface area contributed by atoms with Crippen LogP contribution in [0, 0.1) is 5.82 Å². The number of anilines is 1. The lowest BCUT2D eigenvalue weighted by Crippen LogP contribution is -2.29. The zero-order chi connectivity index (χ0) is 14.8. The Morgan fingerprint density at radius 2 is 2.05 bits per heavy atom. The molecule has 0 aliphatic heterocycles. The van der Waals surface area contributed by atoms with E-state index in [1.54, 1.807) is 12.1 Å². The third kappa shape index (κ3) is 7.21. The Kier molecular flexibility index (Phi) is 7.84. The molecule has 1 aromatic rings. The van der Waals surface area contributed by atoms with E-state index in [2.05, 4.69) is 10.6 Å². The van der Waals surface area contributed by atoms with E-state index in [0.29, 0.717) is 0 Å². The number of unbranched alkanes of at least 4 members (excludes halogenated alkanes) is 1. The highest BCUT2D eigenvalue weighted by Gasteiger charge is 2.05. The number of ether oxygens (including phenoxy) is 1. The van der Waals surface area contributed by atoms with Crippen LogP contribution in [0.15, 0.2) is 24.3 Å². The van der Waals surface area contributed by atoms with Gasteiger partial charge in [-0.25, -0.2) is 4.39 Å². The maximum atomic E-state index is 13.3. The Hall–Kier alpha value is -1.46. The Morgan fingerprint density at radius 1 is 1.30 bits per heavy atom. The molecule has 5 heteroatoms. The first-order valence-electron chi connectivity index (χ1n) is 6.96. The van der Waals surface area contributed by atoms with Crippen LogP contribution in [0.25, 0.3) is 0 Å². The molecule has 0 unspecified atom stereocenters. The summed E-state index contributed by atoms with van der Waals surface area (Å²) in [6.45, 7) is 5.67. The van der Waals surface area contributed by atoms with Gasteiger partial charge in [0.2, 0.25) is 5.91 Å². The van der Waals surface area contributed by atoms with Gasteiger partial charge in [0.05, 0.1) is 18.3 Å². The minimum atomic E-state index is -0.424. The van der Waals surface area contributed by atoms with Gasteiger partial charge in [-0.1, -0.05) is 12.1 Å². The average molecular weight is 282 g/mol. The molecule has 0 aromatic heterocycles. The van der Waals surface area contributed by atoms with Crippen LogP contribution in [0.4, 0.5) is 10.1 Å². The lowest BCUT2D eigenvalue weighted by Gasteiger charge is -2.08. The number of nitrogens with one attached hydrogen (secondary N) is 2. The molecule has 0 heterocycles. The molecule has 0 saturated heterocycles. The second-order valence-corrected chi connectivity index (χ2v) is 4.83. The molecule has 1 aromatic carbocycles. The Morgan fingerprint density at radius 3 is 2.75 bits per heavy atom. The van der Waals surface area contributed by atoms with Crippen molar-refractivity contribution in [2.75, 3.05) is 25.0 Å². The lowest BCUT2D eigenvalue weighted by molar-refractivity contribution is -0.115. The molecular weight excluding hydrogens is 259 g/mol. The SMILES string of the molecule is CC(C)OCCCCNCC(=O)Nc1ccccc1F. The summed E-state index contributed by atoms with van der Waals surface area (Å²) >= 11 is 0. The molecule has 2 N–H and O–H groups in total. The molecule has 0 fully saturated rings. The van der Waals surface area contributed by atoms with Crippen molar-refractivity contribution in [1.82, 2.24) is 5.32 Å². The predicted molar refractivity (Wildman–Crippen MR) is 78.2 cm³/mol. The first-order valence-corrected chi connectivity index (χ1v) is 6.96. The van der Waals surface area contributed by atoms with Gasteiger partial charge >= 0.3 is 0 Å². The number of benzene rings is 1. The van der Waals surface area contributed by atoms with Gasteiger partial charge in [0.15, 0.2) is 0 Å². The molecule has 1 amide bonds. The molecule has 0 saturated carbocycles. The van der Waals surface area contributed by atoms with Crippen molar-refractivity contribution in [3.63, 3.8) is 0 Å². The van der Waals surface area contributed by atoms with Crippen molar-refractivity contribution in [1.29, 1.82) is 0 Å². The number of para-hydroxylation sites is 1. The van der Waals surface area contributed by atoms with Crippen molar-refractivity contribution in [3.05, 3.63) is 30.1 Å². The highest BCUT2D eigenvalue weighted by atomic mass is 19.1. The summed E-state index contributed by atoms with van der Waals surface area (Å²) in [6, 6.07) is 6.12. The summed E-state index contributed by atoms with van der Waals surface area (Å²) in [5.74, 6) is -0.666. The molecule has 112 valence electrons. The standard InChI is InChI=1S/C15H23FN2O2/c1-12(2)20-10-6-5-9-17-11-15(19)18-14-8-4-3-7-13(14)16/h3-4,7-8,12,17H,5-6,9-11H2,1-2H3,(H,18,19). The average Bonchev–Trinajstić information content (AvgIpc) is 2.40. The Balaban J connectivity index is 2.08. The second-order valence-electron chi connectivity index (χ2n) is 4.83. The van der Waals surface area contributed by atoms with Crippen LogP contribution in [0.5, 0.6) is 0 Å².